The second kappa shape index (κ2) is 5.74. The number of hydrogen-bond acceptors (Lipinski definition) is 4. The van der Waals surface area contributed by atoms with Crippen LogP contribution in [-0.2, 0) is 10.3 Å². The summed E-state index contributed by atoms with van der Waals surface area (Å²) >= 11 is 0. The fourth-order valence-corrected chi connectivity index (χ4v) is 5.16. The van der Waals surface area contributed by atoms with Gasteiger partial charge in [0, 0.05) is 29.5 Å². The van der Waals surface area contributed by atoms with Crippen molar-refractivity contribution >= 4 is 6.03 Å². The molecule has 2 heterocycles. The Hall–Kier alpha value is -1.53. The van der Waals surface area contributed by atoms with Crippen LogP contribution in [0.2, 0.25) is 0 Å². The number of nitrogens with one attached hydrogen (secondary N) is 2. The molecule has 3 N–H and O–H groups in total. The standard InChI is InChI=1S/C19H28N2O4/c1-11-9-14(12(2)25-11)18(3,23)10-20-17(22)21-15-13-5-8-24-16(13)19(15)6-4-7-19/h9,13,15-16,23H,4-8,10H2,1-3H3,(H2,20,21,22). The molecule has 1 spiro atoms. The van der Waals surface area contributed by atoms with Gasteiger partial charge in [0.1, 0.15) is 17.1 Å². The number of carbonyl (C=O) groups excluding carboxylic acids is 1. The van der Waals surface area contributed by atoms with E-state index in [0.29, 0.717) is 23.3 Å². The Bertz CT molecular complexity index is 677. The zero-order valence-corrected chi connectivity index (χ0v) is 15.2. The van der Waals surface area contributed by atoms with Gasteiger partial charge >= 0.3 is 6.03 Å². The van der Waals surface area contributed by atoms with Crippen LogP contribution in [0.1, 0.15) is 49.7 Å². The Kier molecular flexibility index (Phi) is 3.88. The van der Waals surface area contributed by atoms with Crippen molar-refractivity contribution in [2.45, 2.75) is 64.2 Å². The predicted molar refractivity (Wildman–Crippen MR) is 92.2 cm³/mol. The van der Waals surface area contributed by atoms with Crippen LogP contribution in [0.15, 0.2) is 10.5 Å². The lowest BCUT2D eigenvalue weighted by Crippen LogP contribution is -2.72. The van der Waals surface area contributed by atoms with Crippen molar-refractivity contribution < 1.29 is 19.1 Å². The first-order valence-corrected chi connectivity index (χ1v) is 9.29. The van der Waals surface area contributed by atoms with Crippen LogP contribution in [0.4, 0.5) is 4.79 Å². The second-order valence-corrected chi connectivity index (χ2v) is 8.24. The molecule has 6 nitrogen and oxygen atoms in total. The van der Waals surface area contributed by atoms with Gasteiger partial charge in [-0.25, -0.2) is 4.79 Å². The summed E-state index contributed by atoms with van der Waals surface area (Å²) in [6.45, 7) is 6.32. The molecule has 3 aliphatic rings. The minimum Gasteiger partial charge on any atom is -0.466 e. The van der Waals surface area contributed by atoms with Crippen LogP contribution in [0.25, 0.3) is 0 Å². The molecule has 2 amide bonds. The first-order valence-electron chi connectivity index (χ1n) is 9.29. The van der Waals surface area contributed by atoms with Gasteiger partial charge in [-0.2, -0.15) is 0 Å². The summed E-state index contributed by atoms with van der Waals surface area (Å²) < 4.78 is 11.4. The highest BCUT2D eigenvalue weighted by molar-refractivity contribution is 5.74. The molecule has 4 rings (SSSR count). The third kappa shape index (κ3) is 2.57. The lowest BCUT2D eigenvalue weighted by Gasteiger charge is -2.63. The number of carbonyl (C=O) groups is 1. The van der Waals surface area contributed by atoms with Gasteiger partial charge in [-0.15, -0.1) is 0 Å². The molecule has 1 aliphatic heterocycles. The Balaban J connectivity index is 1.36. The number of furan rings is 1. The number of aliphatic hydroxyl groups is 1. The molecule has 0 radical (unpaired) electrons. The monoisotopic (exact) mass is 348 g/mol. The number of rotatable bonds is 4. The summed E-state index contributed by atoms with van der Waals surface area (Å²) in [5, 5.41) is 16.7. The van der Waals surface area contributed by atoms with Crippen molar-refractivity contribution in [2.75, 3.05) is 13.2 Å². The molecular weight excluding hydrogens is 320 g/mol. The van der Waals surface area contributed by atoms with E-state index in [1.165, 1.54) is 6.42 Å². The highest BCUT2D eigenvalue weighted by Gasteiger charge is 2.67. The van der Waals surface area contributed by atoms with E-state index in [4.69, 9.17) is 9.15 Å². The zero-order chi connectivity index (χ0) is 17.8. The summed E-state index contributed by atoms with van der Waals surface area (Å²) in [5.74, 6) is 1.89. The van der Waals surface area contributed by atoms with Gasteiger partial charge < -0.3 is 24.9 Å². The highest BCUT2D eigenvalue weighted by Crippen LogP contribution is 2.62. The summed E-state index contributed by atoms with van der Waals surface area (Å²) in [7, 11) is 0. The Morgan fingerprint density at radius 2 is 2.20 bits per heavy atom. The number of fused-ring (bicyclic) bond motifs is 2. The van der Waals surface area contributed by atoms with Gasteiger partial charge in [-0.05, 0) is 46.1 Å². The normalized spacial score (nSPS) is 31.6. The molecule has 1 saturated heterocycles. The molecule has 0 aromatic carbocycles. The van der Waals surface area contributed by atoms with Crippen molar-refractivity contribution in [3.8, 4) is 0 Å². The van der Waals surface area contributed by atoms with Gasteiger partial charge in [-0.1, -0.05) is 6.42 Å². The van der Waals surface area contributed by atoms with Gasteiger partial charge in [0.05, 0.1) is 12.6 Å². The van der Waals surface area contributed by atoms with E-state index in [-0.39, 0.29) is 24.0 Å². The third-order valence-electron chi connectivity index (χ3n) is 6.54. The zero-order valence-electron chi connectivity index (χ0n) is 15.2. The molecule has 138 valence electrons. The van der Waals surface area contributed by atoms with Crippen LogP contribution >= 0.6 is 0 Å². The van der Waals surface area contributed by atoms with E-state index in [9.17, 15) is 9.90 Å². The SMILES string of the molecule is Cc1cc(C(C)(O)CNC(=O)NC2C3CCOC3C23CCC3)c(C)o1. The summed E-state index contributed by atoms with van der Waals surface area (Å²) in [6, 6.07) is 1.82. The topological polar surface area (TPSA) is 83.7 Å². The lowest BCUT2D eigenvalue weighted by atomic mass is 9.46. The maximum atomic E-state index is 12.4. The first kappa shape index (κ1) is 16.9. The van der Waals surface area contributed by atoms with Crippen LogP contribution in [-0.4, -0.2) is 36.4 Å². The van der Waals surface area contributed by atoms with Crippen molar-refractivity contribution in [3.05, 3.63) is 23.2 Å². The molecule has 3 fully saturated rings. The summed E-state index contributed by atoms with van der Waals surface area (Å²) in [6.07, 6.45) is 4.88. The minimum atomic E-state index is -1.16. The molecule has 1 aromatic rings. The van der Waals surface area contributed by atoms with Crippen LogP contribution in [0.3, 0.4) is 0 Å². The molecule has 2 aliphatic carbocycles. The van der Waals surface area contributed by atoms with E-state index in [1.54, 1.807) is 6.92 Å². The summed E-state index contributed by atoms with van der Waals surface area (Å²) in [4.78, 5) is 12.4. The number of ether oxygens (including phenoxy) is 1. The van der Waals surface area contributed by atoms with E-state index in [2.05, 4.69) is 10.6 Å². The van der Waals surface area contributed by atoms with Crippen molar-refractivity contribution in [2.24, 2.45) is 11.3 Å². The minimum absolute atomic E-state index is 0.142. The van der Waals surface area contributed by atoms with E-state index in [1.807, 2.05) is 19.9 Å². The van der Waals surface area contributed by atoms with Gasteiger partial charge in [-0.3, -0.25) is 0 Å². The van der Waals surface area contributed by atoms with Crippen LogP contribution < -0.4 is 10.6 Å². The Labute approximate surface area is 148 Å². The average Bonchev–Trinajstić information content (AvgIpc) is 3.06. The van der Waals surface area contributed by atoms with Crippen molar-refractivity contribution in [1.29, 1.82) is 0 Å². The molecule has 25 heavy (non-hydrogen) atoms. The number of aryl methyl sites for hydroxylation is 2. The highest BCUT2D eigenvalue weighted by atomic mass is 16.5. The van der Waals surface area contributed by atoms with Crippen LogP contribution in [0, 0.1) is 25.2 Å². The number of amides is 2. The van der Waals surface area contributed by atoms with E-state index < -0.39 is 5.60 Å². The average molecular weight is 348 g/mol. The predicted octanol–water partition coefficient (Wildman–Crippen LogP) is 2.36. The van der Waals surface area contributed by atoms with Crippen molar-refractivity contribution in [3.63, 3.8) is 0 Å². The lowest BCUT2D eigenvalue weighted by molar-refractivity contribution is -0.172. The Morgan fingerprint density at radius 1 is 1.44 bits per heavy atom. The molecule has 4 atom stereocenters. The molecule has 4 unspecified atom stereocenters. The molecular formula is C19H28N2O4. The van der Waals surface area contributed by atoms with E-state index in [0.717, 1.165) is 31.6 Å². The molecule has 0 bridgehead atoms. The number of hydrogen-bond donors (Lipinski definition) is 3. The first-order chi connectivity index (χ1) is 11.8. The van der Waals surface area contributed by atoms with Crippen LogP contribution in [0.5, 0.6) is 0 Å². The van der Waals surface area contributed by atoms with Gasteiger partial charge in [0.25, 0.3) is 0 Å². The molecule has 6 heteroatoms. The maximum Gasteiger partial charge on any atom is 0.315 e. The van der Waals surface area contributed by atoms with E-state index >= 15 is 0 Å². The fraction of sp³-hybridized carbons (Fsp3) is 0.737. The molecule has 2 saturated carbocycles. The second-order valence-electron chi connectivity index (χ2n) is 8.24. The Morgan fingerprint density at radius 3 is 2.80 bits per heavy atom. The smallest absolute Gasteiger partial charge is 0.315 e. The van der Waals surface area contributed by atoms with Gasteiger partial charge in [0.15, 0.2) is 0 Å². The summed E-state index contributed by atoms with van der Waals surface area (Å²) in [5.41, 5.74) is -0.278. The third-order valence-corrected chi connectivity index (χ3v) is 6.54. The molecule has 1 aromatic heterocycles. The quantitative estimate of drug-likeness (QED) is 0.780. The fourth-order valence-electron chi connectivity index (χ4n) is 5.16. The maximum absolute atomic E-state index is 12.4. The van der Waals surface area contributed by atoms with Gasteiger partial charge in [0.2, 0.25) is 0 Å². The largest absolute Gasteiger partial charge is 0.466 e. The number of urea groups is 1. The van der Waals surface area contributed by atoms with Crippen molar-refractivity contribution in [1.82, 2.24) is 10.6 Å².